The van der Waals surface area contributed by atoms with Gasteiger partial charge in [-0.1, -0.05) is 5.16 Å². The van der Waals surface area contributed by atoms with Crippen molar-refractivity contribution in [2.24, 2.45) is 0 Å². The van der Waals surface area contributed by atoms with Crippen molar-refractivity contribution >= 4 is 5.57 Å². The molecule has 5 nitrogen and oxygen atoms in total. The molecule has 3 heterocycles. The number of nitrogens with zero attached hydrogens (tertiary/aromatic N) is 3. The molecule has 0 amide bonds. The summed E-state index contributed by atoms with van der Waals surface area (Å²) in [6.45, 7) is 2.49. The van der Waals surface area contributed by atoms with Crippen molar-refractivity contribution in [2.75, 3.05) is 6.61 Å². The van der Waals surface area contributed by atoms with E-state index in [9.17, 15) is 13.2 Å². The first-order chi connectivity index (χ1) is 10.4. The molecule has 0 unspecified atom stereocenters. The minimum Gasteiger partial charge on any atom is -0.501 e. The first kappa shape index (κ1) is 14.6. The van der Waals surface area contributed by atoms with Gasteiger partial charge in [-0.15, -0.1) is 0 Å². The molecular formula is C14H12F3N3O2. The predicted octanol–water partition coefficient (Wildman–Crippen LogP) is 3.61. The highest BCUT2D eigenvalue weighted by Crippen LogP contribution is 2.31. The molecule has 3 rings (SSSR count). The minimum atomic E-state index is -4.66. The van der Waals surface area contributed by atoms with E-state index in [2.05, 4.69) is 19.6 Å². The summed E-state index contributed by atoms with van der Waals surface area (Å²) in [5, 5.41) is 3.37. The summed E-state index contributed by atoms with van der Waals surface area (Å²) in [5.41, 5.74) is 2.90. The SMILES string of the molecule is Cc1ncc(-c2noc(C(F)(F)F)n2)cc1C1=COCCC1. The van der Waals surface area contributed by atoms with Gasteiger partial charge in [-0.3, -0.25) is 4.98 Å². The van der Waals surface area contributed by atoms with Crippen LogP contribution in [-0.4, -0.2) is 21.7 Å². The lowest BCUT2D eigenvalue weighted by Crippen LogP contribution is -2.05. The molecule has 2 aromatic heterocycles. The van der Waals surface area contributed by atoms with E-state index in [1.807, 2.05) is 6.92 Å². The Labute approximate surface area is 123 Å². The maximum absolute atomic E-state index is 12.5. The van der Waals surface area contributed by atoms with Gasteiger partial charge >= 0.3 is 12.1 Å². The third-order valence-electron chi connectivity index (χ3n) is 3.29. The van der Waals surface area contributed by atoms with Crippen LogP contribution < -0.4 is 0 Å². The Bertz CT molecular complexity index is 722. The topological polar surface area (TPSA) is 61.0 Å². The van der Waals surface area contributed by atoms with E-state index >= 15 is 0 Å². The normalized spacial score (nSPS) is 15.4. The molecule has 8 heteroatoms. The van der Waals surface area contributed by atoms with Gasteiger partial charge in [-0.2, -0.15) is 18.2 Å². The zero-order valence-corrected chi connectivity index (χ0v) is 11.6. The van der Waals surface area contributed by atoms with Crippen LogP contribution in [0.25, 0.3) is 17.0 Å². The molecule has 0 saturated carbocycles. The molecule has 2 aromatic rings. The first-order valence-corrected chi connectivity index (χ1v) is 6.64. The van der Waals surface area contributed by atoms with Crippen molar-refractivity contribution in [2.45, 2.75) is 25.9 Å². The molecule has 116 valence electrons. The molecule has 0 N–H and O–H groups in total. The Morgan fingerprint density at radius 2 is 2.09 bits per heavy atom. The number of alkyl halides is 3. The van der Waals surface area contributed by atoms with Gasteiger partial charge in [-0.05, 0) is 31.4 Å². The van der Waals surface area contributed by atoms with Crippen LogP contribution in [0.3, 0.4) is 0 Å². The number of pyridine rings is 1. The van der Waals surface area contributed by atoms with Crippen molar-refractivity contribution in [3.8, 4) is 11.4 Å². The smallest absolute Gasteiger partial charge is 0.471 e. The third-order valence-corrected chi connectivity index (χ3v) is 3.29. The summed E-state index contributed by atoms with van der Waals surface area (Å²) in [6.07, 6.45) is 0.136. The van der Waals surface area contributed by atoms with Gasteiger partial charge < -0.3 is 9.26 Å². The number of hydrogen-bond acceptors (Lipinski definition) is 5. The van der Waals surface area contributed by atoms with Crippen molar-refractivity contribution in [3.63, 3.8) is 0 Å². The van der Waals surface area contributed by atoms with Crippen LogP contribution in [0.5, 0.6) is 0 Å². The monoisotopic (exact) mass is 311 g/mol. The highest BCUT2D eigenvalue weighted by molar-refractivity contribution is 5.70. The Kier molecular flexibility index (Phi) is 3.59. The standard InChI is InChI=1S/C14H12F3N3O2/c1-8-11(9-3-2-4-21-7-9)5-10(6-18-8)12-19-13(22-20-12)14(15,16)17/h5-7H,2-4H2,1H3. The number of rotatable bonds is 2. The molecule has 1 aliphatic rings. The quantitative estimate of drug-likeness (QED) is 0.848. The Balaban J connectivity index is 1.98. The maximum atomic E-state index is 12.5. The summed E-state index contributed by atoms with van der Waals surface area (Å²) in [4.78, 5) is 7.58. The Hall–Kier alpha value is -2.38. The second-order valence-corrected chi connectivity index (χ2v) is 4.90. The lowest BCUT2D eigenvalue weighted by Gasteiger charge is -2.15. The molecule has 0 aromatic carbocycles. The fourth-order valence-corrected chi connectivity index (χ4v) is 2.20. The molecule has 0 fully saturated rings. The number of hydrogen-bond donors (Lipinski definition) is 0. The summed E-state index contributed by atoms with van der Waals surface area (Å²) in [7, 11) is 0. The molecule has 1 aliphatic heterocycles. The number of aryl methyl sites for hydroxylation is 1. The molecule has 0 aliphatic carbocycles. The van der Waals surface area contributed by atoms with Crippen molar-refractivity contribution in [1.82, 2.24) is 15.1 Å². The zero-order valence-electron chi connectivity index (χ0n) is 11.6. The van der Waals surface area contributed by atoms with Crippen LogP contribution in [0.2, 0.25) is 0 Å². The molecular weight excluding hydrogens is 299 g/mol. The number of ether oxygens (including phenoxy) is 1. The van der Waals surface area contributed by atoms with E-state index < -0.39 is 12.1 Å². The Morgan fingerprint density at radius 1 is 1.27 bits per heavy atom. The van der Waals surface area contributed by atoms with E-state index in [-0.39, 0.29) is 5.82 Å². The second-order valence-electron chi connectivity index (χ2n) is 4.90. The maximum Gasteiger partial charge on any atom is 0.471 e. The van der Waals surface area contributed by atoms with E-state index in [0.717, 1.165) is 29.7 Å². The zero-order chi connectivity index (χ0) is 15.7. The number of aromatic nitrogens is 3. The van der Waals surface area contributed by atoms with Crippen LogP contribution in [0.1, 0.15) is 30.0 Å². The average molecular weight is 311 g/mol. The molecule has 0 bridgehead atoms. The highest BCUT2D eigenvalue weighted by Gasteiger charge is 2.38. The van der Waals surface area contributed by atoms with E-state index in [4.69, 9.17) is 4.74 Å². The molecule has 0 atom stereocenters. The molecule has 0 saturated heterocycles. The summed E-state index contributed by atoms with van der Waals surface area (Å²) >= 11 is 0. The number of allylic oxidation sites excluding steroid dienone is 1. The molecule has 0 spiro atoms. The van der Waals surface area contributed by atoms with Gasteiger partial charge in [0.05, 0.1) is 12.9 Å². The van der Waals surface area contributed by atoms with Crippen LogP contribution in [-0.2, 0) is 10.9 Å². The van der Waals surface area contributed by atoms with Crippen LogP contribution >= 0.6 is 0 Å². The van der Waals surface area contributed by atoms with E-state index in [0.29, 0.717) is 12.2 Å². The predicted molar refractivity (Wildman–Crippen MR) is 70.4 cm³/mol. The van der Waals surface area contributed by atoms with Gasteiger partial charge in [0.2, 0.25) is 5.82 Å². The van der Waals surface area contributed by atoms with Crippen LogP contribution in [0, 0.1) is 6.92 Å². The third kappa shape index (κ3) is 2.81. The summed E-state index contributed by atoms with van der Waals surface area (Å²) < 4.78 is 47.1. The van der Waals surface area contributed by atoms with Crippen molar-refractivity contribution in [1.29, 1.82) is 0 Å². The molecule has 22 heavy (non-hydrogen) atoms. The summed E-state index contributed by atoms with van der Waals surface area (Å²) in [6, 6.07) is 1.70. The first-order valence-electron chi connectivity index (χ1n) is 6.64. The summed E-state index contributed by atoms with van der Waals surface area (Å²) in [5.74, 6) is -1.51. The lowest BCUT2D eigenvalue weighted by molar-refractivity contribution is -0.159. The lowest BCUT2D eigenvalue weighted by atomic mass is 9.99. The second kappa shape index (κ2) is 5.43. The van der Waals surface area contributed by atoms with E-state index in [1.54, 1.807) is 12.3 Å². The average Bonchev–Trinajstić information content (AvgIpc) is 2.99. The number of halogens is 3. The van der Waals surface area contributed by atoms with Crippen molar-refractivity contribution < 1.29 is 22.4 Å². The molecule has 0 radical (unpaired) electrons. The van der Waals surface area contributed by atoms with Gasteiger partial charge in [0.1, 0.15) is 0 Å². The van der Waals surface area contributed by atoms with Crippen LogP contribution in [0.4, 0.5) is 13.2 Å². The van der Waals surface area contributed by atoms with Gasteiger partial charge in [0.25, 0.3) is 0 Å². The van der Waals surface area contributed by atoms with Gasteiger partial charge in [-0.25, -0.2) is 0 Å². The minimum absolute atomic E-state index is 0.140. The highest BCUT2D eigenvalue weighted by atomic mass is 19.4. The van der Waals surface area contributed by atoms with Crippen LogP contribution in [0.15, 0.2) is 23.0 Å². The Morgan fingerprint density at radius 3 is 2.73 bits per heavy atom. The fourth-order valence-electron chi connectivity index (χ4n) is 2.20. The fraction of sp³-hybridized carbons (Fsp3) is 0.357. The van der Waals surface area contributed by atoms with Gasteiger partial charge in [0.15, 0.2) is 0 Å². The largest absolute Gasteiger partial charge is 0.501 e. The van der Waals surface area contributed by atoms with E-state index in [1.165, 1.54) is 6.20 Å². The van der Waals surface area contributed by atoms with Crippen molar-refractivity contribution in [3.05, 3.63) is 35.7 Å². The van der Waals surface area contributed by atoms with Gasteiger partial charge in [0, 0.05) is 23.0 Å².